The van der Waals surface area contributed by atoms with Gasteiger partial charge in [-0.1, -0.05) is 0 Å². The molecule has 1 aliphatic carbocycles. The van der Waals surface area contributed by atoms with Gasteiger partial charge in [-0.2, -0.15) is 11.8 Å². The first-order chi connectivity index (χ1) is 13.1. The molecule has 2 fully saturated rings. The SMILES string of the molecule is O=c1[nH]c(CSC2CCOCC2)nc2cc(N[C@@H]3CCC[C@H]3F)cc(F)c12. The van der Waals surface area contributed by atoms with Crippen molar-refractivity contribution in [3.8, 4) is 0 Å². The minimum atomic E-state index is -0.928. The van der Waals surface area contributed by atoms with E-state index >= 15 is 0 Å². The number of hydrogen-bond donors (Lipinski definition) is 2. The Morgan fingerprint density at radius 2 is 2.07 bits per heavy atom. The summed E-state index contributed by atoms with van der Waals surface area (Å²) in [5.74, 6) is 0.454. The van der Waals surface area contributed by atoms with Gasteiger partial charge in [0.2, 0.25) is 0 Å². The van der Waals surface area contributed by atoms with E-state index in [0.717, 1.165) is 38.9 Å². The highest BCUT2D eigenvalue weighted by molar-refractivity contribution is 7.99. The van der Waals surface area contributed by atoms with Crippen LogP contribution in [-0.4, -0.2) is 40.6 Å². The molecule has 27 heavy (non-hydrogen) atoms. The van der Waals surface area contributed by atoms with Crippen molar-refractivity contribution in [3.05, 3.63) is 34.1 Å². The maximum atomic E-state index is 14.5. The fraction of sp³-hybridized carbons (Fsp3) is 0.579. The summed E-state index contributed by atoms with van der Waals surface area (Å²) in [4.78, 5) is 19.5. The molecule has 2 aliphatic rings. The van der Waals surface area contributed by atoms with Crippen molar-refractivity contribution in [1.29, 1.82) is 0 Å². The van der Waals surface area contributed by atoms with E-state index in [0.29, 0.717) is 34.5 Å². The van der Waals surface area contributed by atoms with E-state index in [1.807, 2.05) is 0 Å². The molecule has 5 nitrogen and oxygen atoms in total. The largest absolute Gasteiger partial charge is 0.381 e. The Morgan fingerprint density at radius 1 is 1.26 bits per heavy atom. The highest BCUT2D eigenvalue weighted by atomic mass is 32.2. The Balaban J connectivity index is 1.56. The lowest BCUT2D eigenvalue weighted by Gasteiger charge is -2.21. The van der Waals surface area contributed by atoms with Crippen LogP contribution in [0.5, 0.6) is 0 Å². The lowest BCUT2D eigenvalue weighted by molar-refractivity contribution is 0.1000. The monoisotopic (exact) mass is 395 g/mol. The van der Waals surface area contributed by atoms with Gasteiger partial charge in [-0.05, 0) is 44.2 Å². The summed E-state index contributed by atoms with van der Waals surface area (Å²) < 4.78 is 33.7. The first-order valence-electron chi connectivity index (χ1n) is 9.42. The van der Waals surface area contributed by atoms with Crippen LogP contribution in [0.15, 0.2) is 16.9 Å². The van der Waals surface area contributed by atoms with Crippen LogP contribution >= 0.6 is 11.8 Å². The Morgan fingerprint density at radius 3 is 2.81 bits per heavy atom. The molecule has 4 rings (SSSR count). The molecule has 1 aliphatic heterocycles. The first kappa shape index (κ1) is 18.7. The molecule has 2 atom stereocenters. The number of ether oxygens (including phenoxy) is 1. The van der Waals surface area contributed by atoms with Gasteiger partial charge in [0.1, 0.15) is 23.2 Å². The number of thioether (sulfide) groups is 1. The second-order valence-electron chi connectivity index (χ2n) is 7.19. The highest BCUT2D eigenvalue weighted by Gasteiger charge is 2.27. The molecule has 1 saturated carbocycles. The fourth-order valence-corrected chi connectivity index (χ4v) is 4.81. The zero-order valence-electron chi connectivity index (χ0n) is 15.0. The summed E-state index contributed by atoms with van der Waals surface area (Å²) in [7, 11) is 0. The van der Waals surface area contributed by atoms with Crippen LogP contribution in [-0.2, 0) is 10.5 Å². The third-order valence-electron chi connectivity index (χ3n) is 5.22. The quantitative estimate of drug-likeness (QED) is 0.807. The Hall–Kier alpha value is -1.67. The number of anilines is 1. The van der Waals surface area contributed by atoms with E-state index in [9.17, 15) is 13.6 Å². The number of nitrogens with zero attached hydrogens (tertiary/aromatic N) is 1. The highest BCUT2D eigenvalue weighted by Crippen LogP contribution is 2.28. The molecule has 8 heteroatoms. The number of aromatic amines is 1. The molecule has 1 saturated heterocycles. The van der Waals surface area contributed by atoms with E-state index in [1.165, 1.54) is 6.07 Å². The molecule has 2 heterocycles. The summed E-state index contributed by atoms with van der Waals surface area (Å²) in [6, 6.07) is 2.58. The third kappa shape index (κ3) is 4.27. The third-order valence-corrected chi connectivity index (χ3v) is 6.60. The summed E-state index contributed by atoms with van der Waals surface area (Å²) in [6.07, 6.45) is 3.10. The van der Waals surface area contributed by atoms with Gasteiger partial charge in [-0.3, -0.25) is 4.79 Å². The maximum absolute atomic E-state index is 14.5. The average molecular weight is 395 g/mol. The standard InChI is InChI=1S/C19H23F2N3O2S/c20-13-2-1-3-15(13)22-11-8-14(21)18-16(9-11)23-17(24-19(18)25)10-27-12-4-6-26-7-5-12/h8-9,12-13,15,22H,1-7,10H2,(H,23,24,25)/t13-,15-/m1/s1. The van der Waals surface area contributed by atoms with Crippen molar-refractivity contribution in [2.75, 3.05) is 18.5 Å². The summed E-state index contributed by atoms with van der Waals surface area (Å²) in [5.41, 5.74) is 0.295. The number of hydrogen-bond acceptors (Lipinski definition) is 5. The van der Waals surface area contributed by atoms with Gasteiger partial charge < -0.3 is 15.0 Å². The number of rotatable bonds is 5. The average Bonchev–Trinajstić information content (AvgIpc) is 3.05. The summed E-state index contributed by atoms with van der Waals surface area (Å²) in [6.45, 7) is 1.52. The zero-order valence-corrected chi connectivity index (χ0v) is 15.8. The number of aromatic nitrogens is 2. The van der Waals surface area contributed by atoms with Gasteiger partial charge in [-0.15, -0.1) is 0 Å². The molecule has 1 aromatic heterocycles. The van der Waals surface area contributed by atoms with Crippen LogP contribution in [0.4, 0.5) is 14.5 Å². The predicted octanol–water partition coefficient (Wildman–Crippen LogP) is 3.78. The van der Waals surface area contributed by atoms with E-state index in [-0.39, 0.29) is 11.4 Å². The van der Waals surface area contributed by atoms with Crippen LogP contribution in [0.2, 0.25) is 0 Å². The van der Waals surface area contributed by atoms with Gasteiger partial charge in [-0.25, -0.2) is 13.8 Å². The van der Waals surface area contributed by atoms with Crippen LogP contribution in [0, 0.1) is 5.82 Å². The summed E-state index contributed by atoms with van der Waals surface area (Å²) in [5, 5.41) is 3.49. The Labute approximate surface area is 160 Å². The number of nitrogens with one attached hydrogen (secondary N) is 2. The van der Waals surface area contributed by atoms with Crippen LogP contribution in [0.25, 0.3) is 10.9 Å². The molecule has 0 amide bonds. The topological polar surface area (TPSA) is 67.0 Å². The van der Waals surface area contributed by atoms with Crippen LogP contribution < -0.4 is 10.9 Å². The normalized spacial score (nSPS) is 23.8. The molecule has 2 aromatic rings. The molecule has 0 bridgehead atoms. The van der Waals surface area contributed by atoms with Crippen molar-refractivity contribution in [1.82, 2.24) is 9.97 Å². The van der Waals surface area contributed by atoms with E-state index in [1.54, 1.807) is 17.8 Å². The fourth-order valence-electron chi connectivity index (χ4n) is 3.75. The lowest BCUT2D eigenvalue weighted by Crippen LogP contribution is -2.25. The second kappa shape index (κ2) is 8.14. The molecule has 2 N–H and O–H groups in total. The Bertz CT molecular complexity index is 870. The molecule has 0 spiro atoms. The van der Waals surface area contributed by atoms with Crippen molar-refractivity contribution < 1.29 is 13.5 Å². The lowest BCUT2D eigenvalue weighted by atomic mass is 10.1. The van der Waals surface area contributed by atoms with E-state index in [4.69, 9.17) is 4.74 Å². The molecule has 0 radical (unpaired) electrons. The smallest absolute Gasteiger partial charge is 0.261 e. The number of benzene rings is 1. The minimum absolute atomic E-state index is 0.0522. The van der Waals surface area contributed by atoms with Crippen LogP contribution in [0.1, 0.15) is 37.9 Å². The molecule has 1 aromatic carbocycles. The van der Waals surface area contributed by atoms with Crippen LogP contribution in [0.3, 0.4) is 0 Å². The molecule has 0 unspecified atom stereocenters. The maximum Gasteiger partial charge on any atom is 0.261 e. The van der Waals surface area contributed by atoms with Gasteiger partial charge >= 0.3 is 0 Å². The number of halogens is 2. The van der Waals surface area contributed by atoms with Crippen molar-refractivity contribution in [2.45, 2.75) is 55.3 Å². The van der Waals surface area contributed by atoms with Crippen molar-refractivity contribution in [3.63, 3.8) is 0 Å². The van der Waals surface area contributed by atoms with Gasteiger partial charge in [0.25, 0.3) is 5.56 Å². The molecular formula is C19H23F2N3O2S. The van der Waals surface area contributed by atoms with Gasteiger partial charge in [0.05, 0.1) is 17.3 Å². The number of H-pyrrole nitrogens is 1. The summed E-state index contributed by atoms with van der Waals surface area (Å²) >= 11 is 1.73. The molecular weight excluding hydrogens is 372 g/mol. The van der Waals surface area contributed by atoms with Gasteiger partial charge in [0.15, 0.2) is 0 Å². The van der Waals surface area contributed by atoms with Crippen molar-refractivity contribution >= 4 is 28.4 Å². The van der Waals surface area contributed by atoms with Gasteiger partial charge in [0, 0.05) is 24.2 Å². The van der Waals surface area contributed by atoms with Crippen molar-refractivity contribution in [2.24, 2.45) is 0 Å². The second-order valence-corrected chi connectivity index (χ2v) is 8.47. The van der Waals surface area contributed by atoms with E-state index < -0.39 is 17.5 Å². The number of alkyl halides is 1. The first-order valence-corrected chi connectivity index (χ1v) is 10.5. The number of fused-ring (bicyclic) bond motifs is 1. The molecule has 146 valence electrons. The Kier molecular flexibility index (Phi) is 5.63. The minimum Gasteiger partial charge on any atom is -0.381 e. The predicted molar refractivity (Wildman–Crippen MR) is 104 cm³/mol. The van der Waals surface area contributed by atoms with E-state index in [2.05, 4.69) is 15.3 Å². The zero-order chi connectivity index (χ0) is 18.8.